The largest absolute Gasteiger partial charge is 0.503 e. The van der Waals surface area contributed by atoms with Crippen molar-refractivity contribution in [2.24, 2.45) is 13.0 Å². The Morgan fingerprint density at radius 2 is 1.68 bits per heavy atom. The highest BCUT2D eigenvalue weighted by Gasteiger charge is 2.32. The summed E-state index contributed by atoms with van der Waals surface area (Å²) in [7, 11) is 1.71. The van der Waals surface area contributed by atoms with E-state index in [1.165, 1.54) is 4.57 Å². The van der Waals surface area contributed by atoms with Crippen molar-refractivity contribution >= 4 is 52.1 Å². The number of hydrogen-bond acceptors (Lipinski definition) is 10. The first-order valence-electron chi connectivity index (χ1n) is 20.0. The van der Waals surface area contributed by atoms with Gasteiger partial charge in [0.05, 0.1) is 28.8 Å². The molecule has 1 aliphatic carbocycles. The summed E-state index contributed by atoms with van der Waals surface area (Å²) in [6, 6.07) is 9.91. The molecule has 3 aromatic heterocycles. The summed E-state index contributed by atoms with van der Waals surface area (Å²) in [5, 5.41) is 25.8. The Balaban J connectivity index is 0.00000176. The van der Waals surface area contributed by atoms with E-state index in [1.807, 2.05) is 41.2 Å². The monoisotopic (exact) mass is 833 g/mol. The fraction of sp³-hybridized carbons (Fsp3) is 0.439. The lowest BCUT2D eigenvalue weighted by Gasteiger charge is -2.35. The number of hydrogen-bond donors (Lipinski definition) is 4. The van der Waals surface area contributed by atoms with Gasteiger partial charge in [-0.05, 0) is 93.3 Å². The minimum atomic E-state index is -1.79. The van der Waals surface area contributed by atoms with Gasteiger partial charge < -0.3 is 20.4 Å². The molecule has 0 unspecified atom stereocenters. The van der Waals surface area contributed by atoms with Crippen LogP contribution in [0.2, 0.25) is 0 Å². The smallest absolute Gasteiger partial charge is 0.329 e. The Morgan fingerprint density at radius 1 is 0.950 bits per heavy atom. The molecule has 2 aromatic carbocycles. The number of carbonyl (C=O) groups is 4. The molecule has 318 valence electrons. The second-order valence-corrected chi connectivity index (χ2v) is 15.5. The van der Waals surface area contributed by atoms with Crippen LogP contribution in [0, 0.1) is 23.4 Å². The number of rotatable bonds is 10. The predicted molar refractivity (Wildman–Crippen MR) is 213 cm³/mol. The molecule has 2 saturated heterocycles. The van der Waals surface area contributed by atoms with Crippen LogP contribution in [0.5, 0.6) is 5.75 Å². The van der Waals surface area contributed by atoms with Crippen molar-refractivity contribution in [1.29, 1.82) is 0 Å². The maximum absolute atomic E-state index is 14.1. The van der Waals surface area contributed by atoms with Crippen molar-refractivity contribution in [3.05, 3.63) is 81.7 Å². The van der Waals surface area contributed by atoms with Crippen LogP contribution < -0.4 is 21.2 Å². The van der Waals surface area contributed by atoms with Crippen LogP contribution in [0.3, 0.4) is 0 Å². The molecule has 0 spiro atoms. The molecule has 5 heterocycles. The Morgan fingerprint density at radius 3 is 2.40 bits per heavy atom. The Bertz CT molecular complexity index is 2490. The fourth-order valence-electron chi connectivity index (χ4n) is 8.48. The van der Waals surface area contributed by atoms with Gasteiger partial charge in [-0.3, -0.25) is 43.2 Å². The second-order valence-electron chi connectivity index (χ2n) is 15.5. The van der Waals surface area contributed by atoms with Crippen molar-refractivity contribution in [3.8, 4) is 5.75 Å². The molecule has 19 heteroatoms. The summed E-state index contributed by atoms with van der Waals surface area (Å²) in [6.45, 7) is 4.42. The summed E-state index contributed by atoms with van der Waals surface area (Å²) >= 11 is 0. The molecule has 16 nitrogen and oxygen atoms in total. The molecule has 8 rings (SSSR count). The topological polar surface area (TPSA) is 197 Å². The van der Waals surface area contributed by atoms with Gasteiger partial charge in [0, 0.05) is 46.2 Å². The van der Waals surface area contributed by atoms with Crippen LogP contribution in [0.1, 0.15) is 73.0 Å². The van der Waals surface area contributed by atoms with Gasteiger partial charge >= 0.3 is 5.69 Å². The van der Waals surface area contributed by atoms with E-state index in [0.29, 0.717) is 18.0 Å². The van der Waals surface area contributed by atoms with Crippen LogP contribution >= 0.6 is 0 Å². The molecule has 3 fully saturated rings. The SMILES string of the molecule is Cn1c(=O)n([C@@H]2CCC(=O)NC2=O)c2ccc(CCCN3CCN(c4ccc5nn(C6CCC(CNC(=O)c7cc(F)c(O)c(F)c7F)CC6)cc5n4)CC3)cc21.O=CO. The summed E-state index contributed by atoms with van der Waals surface area (Å²) < 4.78 is 46.6. The predicted octanol–water partition coefficient (Wildman–Crippen LogP) is 3.80. The average Bonchev–Trinajstić information content (AvgIpc) is 3.78. The molecule has 1 atom stereocenters. The third-order valence-electron chi connectivity index (χ3n) is 11.8. The summed E-state index contributed by atoms with van der Waals surface area (Å²) in [5.74, 6) is -6.88. The van der Waals surface area contributed by atoms with Crippen LogP contribution in [0.4, 0.5) is 19.0 Å². The lowest BCUT2D eigenvalue weighted by Crippen LogP contribution is -2.47. The number of nitrogens with zero attached hydrogens (tertiary/aromatic N) is 7. The van der Waals surface area contributed by atoms with Crippen molar-refractivity contribution in [2.75, 3.05) is 44.2 Å². The number of imidazole rings is 1. The number of aromatic nitrogens is 5. The molecular weight excluding hydrogens is 788 g/mol. The van der Waals surface area contributed by atoms with Gasteiger partial charge in [0.1, 0.15) is 22.9 Å². The highest BCUT2D eigenvalue weighted by atomic mass is 19.2. The lowest BCUT2D eigenvalue weighted by atomic mass is 9.86. The molecule has 1 saturated carbocycles. The Labute approximate surface area is 341 Å². The van der Waals surface area contributed by atoms with E-state index in [9.17, 15) is 37.5 Å². The summed E-state index contributed by atoms with van der Waals surface area (Å²) in [4.78, 5) is 67.8. The lowest BCUT2D eigenvalue weighted by molar-refractivity contribution is -0.135. The van der Waals surface area contributed by atoms with E-state index >= 15 is 0 Å². The average molecular weight is 834 g/mol. The Kier molecular flexibility index (Phi) is 12.5. The number of piperazine rings is 1. The van der Waals surface area contributed by atoms with Crippen molar-refractivity contribution in [3.63, 3.8) is 0 Å². The van der Waals surface area contributed by atoms with Gasteiger partial charge in [0.25, 0.3) is 12.4 Å². The fourth-order valence-corrected chi connectivity index (χ4v) is 8.48. The number of carboxylic acid groups (broad SMARTS) is 1. The maximum Gasteiger partial charge on any atom is 0.329 e. The number of phenolic OH excluding ortho intramolecular Hbond substituents is 1. The van der Waals surface area contributed by atoms with Gasteiger partial charge in [-0.2, -0.15) is 9.49 Å². The third-order valence-corrected chi connectivity index (χ3v) is 11.8. The number of imide groups is 1. The number of pyridine rings is 1. The number of carbonyl (C=O) groups excluding carboxylic acids is 3. The van der Waals surface area contributed by atoms with E-state index in [2.05, 4.69) is 20.4 Å². The zero-order valence-corrected chi connectivity index (χ0v) is 33.0. The molecule has 0 bridgehead atoms. The first kappa shape index (κ1) is 41.9. The molecule has 2 aliphatic heterocycles. The normalized spacial score (nSPS) is 19.9. The Hall–Kier alpha value is -6.24. The van der Waals surface area contributed by atoms with E-state index in [4.69, 9.17) is 20.0 Å². The van der Waals surface area contributed by atoms with Crippen LogP contribution in [-0.4, -0.2) is 102 Å². The van der Waals surface area contributed by atoms with Crippen LogP contribution in [0.25, 0.3) is 22.1 Å². The molecular formula is C41H46F3N9O7. The number of aromatic hydroxyl groups is 1. The van der Waals surface area contributed by atoms with Crippen molar-refractivity contribution in [2.45, 2.75) is 63.5 Å². The standard InChI is InChI=1S/C40H44F3N9O5.CH2O2/c1-48-32-19-23(6-10-30(32)52(40(48)57)31-11-13-34(53)46-39(31)56)3-2-14-49-15-17-50(18-16-49)33-12-9-28-29(45-33)22-51(47-28)25-7-4-24(5-8-25)21-44-38(55)26-20-27(41)37(54)36(43)35(26)42;2-1-3/h6,9-10,12,19-20,22,24-25,31,54H,2-5,7-8,11,13-18,21H2,1H3,(H,44,55)(H,46,53,56);1H,(H,2,3)/t24?,25?,31-;/m1./s1. The number of anilines is 1. The number of fused-ring (bicyclic) bond motifs is 2. The number of nitrogens with one attached hydrogen (secondary N) is 2. The zero-order chi connectivity index (χ0) is 42.7. The second kappa shape index (κ2) is 17.9. The minimum absolute atomic E-state index is 0.112. The van der Waals surface area contributed by atoms with Gasteiger partial charge in [-0.15, -0.1) is 0 Å². The maximum atomic E-state index is 14.1. The summed E-state index contributed by atoms with van der Waals surface area (Å²) in [6.07, 6.45) is 7.48. The number of amides is 3. The van der Waals surface area contributed by atoms with E-state index in [-0.39, 0.29) is 43.0 Å². The van der Waals surface area contributed by atoms with E-state index in [1.54, 1.807) is 11.6 Å². The minimum Gasteiger partial charge on any atom is -0.503 e. The van der Waals surface area contributed by atoms with Gasteiger partial charge in [0.2, 0.25) is 17.6 Å². The summed E-state index contributed by atoms with van der Waals surface area (Å²) in [5.41, 5.74) is 3.16. The molecule has 4 N–H and O–H groups in total. The molecule has 0 radical (unpaired) electrons. The third kappa shape index (κ3) is 8.71. The number of benzene rings is 2. The number of piperidine rings is 1. The van der Waals surface area contributed by atoms with Crippen molar-refractivity contribution < 1.29 is 42.6 Å². The quantitative estimate of drug-likeness (QED) is 0.0908. The molecule has 5 aromatic rings. The number of halogens is 3. The molecule has 3 aliphatic rings. The zero-order valence-electron chi connectivity index (χ0n) is 33.0. The van der Waals surface area contributed by atoms with Crippen LogP contribution in [-0.2, 0) is 27.9 Å². The first-order valence-corrected chi connectivity index (χ1v) is 20.0. The molecule has 3 amide bonds. The van der Waals surface area contributed by atoms with Crippen molar-refractivity contribution in [1.82, 2.24) is 39.4 Å². The molecule has 60 heavy (non-hydrogen) atoms. The number of aryl methyl sites for hydroxylation is 2. The first-order chi connectivity index (χ1) is 28.9. The highest BCUT2D eigenvalue weighted by molar-refractivity contribution is 6.00. The number of phenols is 1. The van der Waals surface area contributed by atoms with Gasteiger partial charge in [-0.1, -0.05) is 6.07 Å². The van der Waals surface area contributed by atoms with E-state index in [0.717, 1.165) is 99.2 Å². The van der Waals surface area contributed by atoms with E-state index < -0.39 is 46.6 Å². The van der Waals surface area contributed by atoms with Gasteiger partial charge in [0.15, 0.2) is 17.4 Å². The highest BCUT2D eigenvalue weighted by Crippen LogP contribution is 2.33. The van der Waals surface area contributed by atoms with Gasteiger partial charge in [-0.25, -0.2) is 18.6 Å². The van der Waals surface area contributed by atoms with Crippen LogP contribution in [0.15, 0.2) is 47.4 Å².